The van der Waals surface area contributed by atoms with Gasteiger partial charge in [-0.1, -0.05) is 12.1 Å². The number of aryl methyl sites for hydroxylation is 1. The number of nitrogens with two attached hydrogens (primary N) is 1. The van der Waals surface area contributed by atoms with E-state index < -0.39 is 0 Å². The molecule has 2 aromatic rings. The molecule has 0 aliphatic rings. The summed E-state index contributed by atoms with van der Waals surface area (Å²) in [5.74, 6) is 0. The summed E-state index contributed by atoms with van der Waals surface area (Å²) in [6.07, 6.45) is 0. The van der Waals surface area contributed by atoms with Crippen molar-refractivity contribution in [3.05, 3.63) is 51.6 Å². The van der Waals surface area contributed by atoms with Crippen molar-refractivity contribution < 1.29 is 0 Å². The van der Waals surface area contributed by atoms with Crippen LogP contribution in [0.15, 0.2) is 42.5 Å². The molecule has 0 heterocycles. The van der Waals surface area contributed by atoms with E-state index in [0.717, 1.165) is 17.1 Å². The molecular weight excluding hydrogens is 311 g/mol. The summed E-state index contributed by atoms with van der Waals surface area (Å²) in [6, 6.07) is 14.2. The maximum atomic E-state index is 5.94. The number of benzene rings is 2. The molecule has 0 bridgehead atoms. The van der Waals surface area contributed by atoms with Gasteiger partial charge in [-0.15, -0.1) is 0 Å². The Morgan fingerprint density at radius 1 is 1.12 bits per heavy atom. The molecule has 0 aromatic heterocycles. The summed E-state index contributed by atoms with van der Waals surface area (Å²) in [7, 11) is 0. The molecule has 82 valence electrons. The molecule has 0 saturated carbocycles. The Kier molecular flexibility index (Phi) is 3.33. The van der Waals surface area contributed by atoms with Gasteiger partial charge in [0, 0.05) is 9.26 Å². The van der Waals surface area contributed by atoms with Gasteiger partial charge in [-0.3, -0.25) is 0 Å². The predicted molar refractivity (Wildman–Crippen MR) is 78.0 cm³/mol. The van der Waals surface area contributed by atoms with Gasteiger partial charge in [0.1, 0.15) is 0 Å². The zero-order valence-electron chi connectivity index (χ0n) is 9.00. The van der Waals surface area contributed by atoms with Crippen LogP contribution < -0.4 is 11.1 Å². The van der Waals surface area contributed by atoms with Crippen molar-refractivity contribution in [3.8, 4) is 0 Å². The number of hydrogen-bond donors (Lipinski definition) is 2. The number of nitrogens with one attached hydrogen (secondary N) is 1. The Morgan fingerprint density at radius 3 is 2.62 bits per heavy atom. The van der Waals surface area contributed by atoms with Crippen molar-refractivity contribution >= 4 is 39.7 Å². The lowest BCUT2D eigenvalue weighted by Gasteiger charge is -2.10. The summed E-state index contributed by atoms with van der Waals surface area (Å²) in [6.45, 7) is 2.03. The molecule has 0 unspecified atom stereocenters. The smallest absolute Gasteiger partial charge is 0.0618 e. The third-order valence-electron chi connectivity index (χ3n) is 2.31. The normalized spacial score (nSPS) is 10.1. The summed E-state index contributed by atoms with van der Waals surface area (Å²) in [5.41, 5.74) is 9.90. The first-order chi connectivity index (χ1) is 7.65. The number of rotatable bonds is 2. The third-order valence-corrected chi connectivity index (χ3v) is 2.98. The second kappa shape index (κ2) is 4.74. The van der Waals surface area contributed by atoms with E-state index in [4.69, 9.17) is 5.73 Å². The van der Waals surface area contributed by atoms with Crippen LogP contribution in [-0.4, -0.2) is 0 Å². The van der Waals surface area contributed by atoms with Gasteiger partial charge in [-0.25, -0.2) is 0 Å². The second-order valence-corrected chi connectivity index (χ2v) is 4.97. The van der Waals surface area contributed by atoms with Gasteiger partial charge in [0.05, 0.1) is 11.4 Å². The highest BCUT2D eigenvalue weighted by molar-refractivity contribution is 14.1. The van der Waals surface area contributed by atoms with E-state index in [1.807, 2.05) is 37.3 Å². The van der Waals surface area contributed by atoms with Crippen LogP contribution in [0.4, 0.5) is 17.1 Å². The van der Waals surface area contributed by atoms with Crippen LogP contribution in [-0.2, 0) is 0 Å². The molecule has 2 rings (SSSR count). The first-order valence-corrected chi connectivity index (χ1v) is 6.12. The van der Waals surface area contributed by atoms with Crippen LogP contribution in [0, 0.1) is 10.5 Å². The van der Waals surface area contributed by atoms with Crippen LogP contribution in [0.2, 0.25) is 0 Å². The molecule has 0 amide bonds. The SMILES string of the molecule is Cc1ccc(Nc2cccc(I)c2)c(N)c1. The van der Waals surface area contributed by atoms with Crippen LogP contribution in [0.1, 0.15) is 5.56 Å². The average molecular weight is 324 g/mol. The number of nitrogen functional groups attached to an aromatic ring is 1. The van der Waals surface area contributed by atoms with Gasteiger partial charge >= 0.3 is 0 Å². The van der Waals surface area contributed by atoms with Gasteiger partial charge in [0.15, 0.2) is 0 Å². The molecule has 2 aromatic carbocycles. The fraction of sp³-hybridized carbons (Fsp3) is 0.0769. The molecule has 0 atom stereocenters. The average Bonchev–Trinajstić information content (AvgIpc) is 2.22. The highest BCUT2D eigenvalue weighted by Crippen LogP contribution is 2.24. The Hall–Kier alpha value is -1.23. The highest BCUT2D eigenvalue weighted by Gasteiger charge is 1.99. The summed E-state index contributed by atoms with van der Waals surface area (Å²) in [4.78, 5) is 0. The predicted octanol–water partition coefficient (Wildman–Crippen LogP) is 3.93. The lowest BCUT2D eigenvalue weighted by atomic mass is 10.2. The summed E-state index contributed by atoms with van der Waals surface area (Å²) in [5, 5.41) is 3.31. The quantitative estimate of drug-likeness (QED) is 0.649. The van der Waals surface area contributed by atoms with Crippen LogP contribution >= 0.6 is 22.6 Å². The Balaban J connectivity index is 2.27. The van der Waals surface area contributed by atoms with Gasteiger partial charge in [-0.2, -0.15) is 0 Å². The Bertz CT molecular complexity index is 509. The van der Waals surface area contributed by atoms with E-state index in [9.17, 15) is 0 Å². The van der Waals surface area contributed by atoms with Crippen LogP contribution in [0.3, 0.4) is 0 Å². The van der Waals surface area contributed by atoms with Crippen molar-refractivity contribution in [1.82, 2.24) is 0 Å². The molecule has 2 nitrogen and oxygen atoms in total. The molecule has 0 fully saturated rings. The summed E-state index contributed by atoms with van der Waals surface area (Å²) >= 11 is 2.29. The minimum Gasteiger partial charge on any atom is -0.397 e. The van der Waals surface area contributed by atoms with Crippen molar-refractivity contribution in [2.75, 3.05) is 11.1 Å². The van der Waals surface area contributed by atoms with Crippen LogP contribution in [0.25, 0.3) is 0 Å². The standard InChI is InChI=1S/C13H13IN2/c1-9-5-6-13(12(15)7-9)16-11-4-2-3-10(14)8-11/h2-8,16H,15H2,1H3. The monoisotopic (exact) mass is 324 g/mol. The van der Waals surface area contributed by atoms with E-state index in [1.165, 1.54) is 9.13 Å². The van der Waals surface area contributed by atoms with E-state index in [2.05, 4.69) is 40.0 Å². The fourth-order valence-corrected chi connectivity index (χ4v) is 2.06. The minimum atomic E-state index is 0.777. The molecule has 0 aliphatic carbocycles. The zero-order chi connectivity index (χ0) is 11.5. The third kappa shape index (κ3) is 2.66. The molecule has 0 radical (unpaired) electrons. The zero-order valence-corrected chi connectivity index (χ0v) is 11.2. The van der Waals surface area contributed by atoms with Crippen LogP contribution in [0.5, 0.6) is 0 Å². The van der Waals surface area contributed by atoms with E-state index in [-0.39, 0.29) is 0 Å². The van der Waals surface area contributed by atoms with Gasteiger partial charge in [0.25, 0.3) is 0 Å². The fourth-order valence-electron chi connectivity index (χ4n) is 1.52. The second-order valence-electron chi connectivity index (χ2n) is 3.73. The molecule has 16 heavy (non-hydrogen) atoms. The largest absolute Gasteiger partial charge is 0.397 e. The maximum absolute atomic E-state index is 5.94. The Labute approximate surface area is 109 Å². The molecule has 0 spiro atoms. The lowest BCUT2D eigenvalue weighted by Crippen LogP contribution is -1.96. The maximum Gasteiger partial charge on any atom is 0.0618 e. The molecule has 3 heteroatoms. The van der Waals surface area contributed by atoms with Crippen molar-refractivity contribution in [2.24, 2.45) is 0 Å². The topological polar surface area (TPSA) is 38.0 Å². The number of hydrogen-bond acceptors (Lipinski definition) is 2. The first-order valence-electron chi connectivity index (χ1n) is 5.04. The number of halogens is 1. The number of anilines is 3. The van der Waals surface area contributed by atoms with Crippen molar-refractivity contribution in [2.45, 2.75) is 6.92 Å². The molecule has 0 saturated heterocycles. The molecule has 3 N–H and O–H groups in total. The van der Waals surface area contributed by atoms with E-state index >= 15 is 0 Å². The lowest BCUT2D eigenvalue weighted by molar-refractivity contribution is 1.45. The van der Waals surface area contributed by atoms with E-state index in [0.29, 0.717) is 0 Å². The van der Waals surface area contributed by atoms with Gasteiger partial charge < -0.3 is 11.1 Å². The minimum absolute atomic E-state index is 0.777. The van der Waals surface area contributed by atoms with Crippen molar-refractivity contribution in [3.63, 3.8) is 0 Å². The van der Waals surface area contributed by atoms with Gasteiger partial charge in [0.2, 0.25) is 0 Å². The van der Waals surface area contributed by atoms with Crippen molar-refractivity contribution in [1.29, 1.82) is 0 Å². The molecule has 0 aliphatic heterocycles. The van der Waals surface area contributed by atoms with Gasteiger partial charge in [-0.05, 0) is 65.4 Å². The van der Waals surface area contributed by atoms with E-state index in [1.54, 1.807) is 0 Å². The first kappa shape index (κ1) is 11.3. The molecular formula is C13H13IN2. The highest BCUT2D eigenvalue weighted by atomic mass is 127. The summed E-state index contributed by atoms with van der Waals surface area (Å²) < 4.78 is 1.20. The Morgan fingerprint density at radius 2 is 1.94 bits per heavy atom.